The third-order valence-electron chi connectivity index (χ3n) is 2.13. The van der Waals surface area contributed by atoms with Crippen molar-refractivity contribution >= 4 is 17.4 Å². The zero-order valence-corrected chi connectivity index (χ0v) is 9.70. The van der Waals surface area contributed by atoms with E-state index in [0.717, 1.165) is 28.6 Å². The smallest absolute Gasteiger partial charge is 0.145 e. The summed E-state index contributed by atoms with van der Waals surface area (Å²) in [6, 6.07) is 7.56. The first-order valence-electron chi connectivity index (χ1n) is 5.11. The molecule has 4 heteroatoms. The van der Waals surface area contributed by atoms with Gasteiger partial charge in [-0.2, -0.15) is 0 Å². The summed E-state index contributed by atoms with van der Waals surface area (Å²) in [7, 11) is 0. The van der Waals surface area contributed by atoms with E-state index in [0.29, 0.717) is 0 Å². The van der Waals surface area contributed by atoms with E-state index < -0.39 is 0 Å². The van der Waals surface area contributed by atoms with Gasteiger partial charge in [0.05, 0.1) is 18.1 Å². The molecule has 2 aromatic rings. The van der Waals surface area contributed by atoms with Crippen LogP contribution in [0, 0.1) is 0 Å². The van der Waals surface area contributed by atoms with Crippen molar-refractivity contribution in [3.63, 3.8) is 0 Å². The third-order valence-corrected chi connectivity index (χ3v) is 2.38. The SMILES string of the molecule is CCNc1cncc(-c2ccc(Cl)cc2)n1. The van der Waals surface area contributed by atoms with Crippen LogP contribution in [-0.4, -0.2) is 16.5 Å². The zero-order chi connectivity index (χ0) is 11.4. The van der Waals surface area contributed by atoms with Gasteiger partial charge < -0.3 is 5.32 Å². The second-order valence-corrected chi connectivity index (χ2v) is 3.76. The molecule has 82 valence electrons. The Hall–Kier alpha value is -1.61. The first kappa shape index (κ1) is 10.9. The third kappa shape index (κ3) is 2.49. The molecule has 0 atom stereocenters. The van der Waals surface area contributed by atoms with Gasteiger partial charge in [-0.1, -0.05) is 23.7 Å². The number of hydrogen-bond donors (Lipinski definition) is 1. The van der Waals surface area contributed by atoms with Gasteiger partial charge in [-0.05, 0) is 19.1 Å². The molecule has 0 spiro atoms. The summed E-state index contributed by atoms with van der Waals surface area (Å²) in [5.74, 6) is 0.787. The minimum absolute atomic E-state index is 0.722. The number of nitrogens with one attached hydrogen (secondary N) is 1. The van der Waals surface area contributed by atoms with Crippen molar-refractivity contribution in [3.05, 3.63) is 41.7 Å². The molecule has 0 aliphatic heterocycles. The highest BCUT2D eigenvalue weighted by Crippen LogP contribution is 2.19. The molecular weight excluding hydrogens is 222 g/mol. The van der Waals surface area contributed by atoms with Gasteiger partial charge in [-0.25, -0.2) is 4.98 Å². The molecule has 0 aliphatic rings. The van der Waals surface area contributed by atoms with Gasteiger partial charge in [0, 0.05) is 17.1 Å². The van der Waals surface area contributed by atoms with Crippen LogP contribution < -0.4 is 5.32 Å². The Balaban J connectivity index is 2.32. The molecule has 16 heavy (non-hydrogen) atoms. The molecule has 0 radical (unpaired) electrons. The van der Waals surface area contributed by atoms with E-state index in [9.17, 15) is 0 Å². The Morgan fingerprint density at radius 1 is 1.19 bits per heavy atom. The van der Waals surface area contributed by atoms with Crippen LogP contribution in [0.4, 0.5) is 5.82 Å². The monoisotopic (exact) mass is 233 g/mol. The topological polar surface area (TPSA) is 37.8 Å². The van der Waals surface area contributed by atoms with Gasteiger partial charge >= 0.3 is 0 Å². The molecule has 2 rings (SSSR count). The molecule has 1 aromatic carbocycles. The molecule has 1 heterocycles. The highest BCUT2D eigenvalue weighted by atomic mass is 35.5. The highest BCUT2D eigenvalue weighted by molar-refractivity contribution is 6.30. The van der Waals surface area contributed by atoms with Crippen molar-refractivity contribution in [1.29, 1.82) is 0 Å². The molecule has 0 saturated heterocycles. The second kappa shape index (κ2) is 4.94. The van der Waals surface area contributed by atoms with E-state index in [1.165, 1.54) is 0 Å². The van der Waals surface area contributed by atoms with Crippen LogP contribution in [0.15, 0.2) is 36.7 Å². The van der Waals surface area contributed by atoms with E-state index >= 15 is 0 Å². The Morgan fingerprint density at radius 3 is 2.62 bits per heavy atom. The molecular formula is C12H12ClN3. The number of rotatable bonds is 3. The van der Waals surface area contributed by atoms with Gasteiger partial charge in [0.25, 0.3) is 0 Å². The number of benzene rings is 1. The molecule has 0 bridgehead atoms. The lowest BCUT2D eigenvalue weighted by Gasteiger charge is -2.04. The summed E-state index contributed by atoms with van der Waals surface area (Å²) in [6.45, 7) is 2.86. The Morgan fingerprint density at radius 2 is 1.94 bits per heavy atom. The van der Waals surface area contributed by atoms with Crippen LogP contribution in [0.2, 0.25) is 5.02 Å². The molecule has 0 unspecified atom stereocenters. The summed E-state index contributed by atoms with van der Waals surface area (Å²) < 4.78 is 0. The number of halogens is 1. The van der Waals surface area contributed by atoms with Crippen molar-refractivity contribution in [3.8, 4) is 11.3 Å². The molecule has 1 aromatic heterocycles. The van der Waals surface area contributed by atoms with Crippen LogP contribution in [-0.2, 0) is 0 Å². The van der Waals surface area contributed by atoms with Crippen molar-refractivity contribution in [2.24, 2.45) is 0 Å². The van der Waals surface area contributed by atoms with Gasteiger partial charge in [0.15, 0.2) is 0 Å². The average molecular weight is 234 g/mol. The standard InChI is InChI=1S/C12H12ClN3/c1-2-15-12-8-14-7-11(16-12)9-3-5-10(13)6-4-9/h3-8H,2H2,1H3,(H,15,16). The van der Waals surface area contributed by atoms with Crippen LogP contribution in [0.5, 0.6) is 0 Å². The van der Waals surface area contributed by atoms with E-state index in [1.54, 1.807) is 12.4 Å². The Kier molecular flexibility index (Phi) is 3.37. The van der Waals surface area contributed by atoms with Gasteiger partial charge in [-0.15, -0.1) is 0 Å². The zero-order valence-electron chi connectivity index (χ0n) is 8.94. The van der Waals surface area contributed by atoms with Gasteiger partial charge in [0.2, 0.25) is 0 Å². The first-order chi connectivity index (χ1) is 7.79. The van der Waals surface area contributed by atoms with Gasteiger partial charge in [0.1, 0.15) is 5.82 Å². The summed E-state index contributed by atoms with van der Waals surface area (Å²) in [4.78, 5) is 8.59. The predicted octanol–water partition coefficient (Wildman–Crippen LogP) is 3.23. The van der Waals surface area contributed by atoms with Crippen molar-refractivity contribution in [2.45, 2.75) is 6.92 Å². The minimum Gasteiger partial charge on any atom is -0.369 e. The summed E-state index contributed by atoms with van der Waals surface area (Å²) in [5.41, 5.74) is 1.85. The first-order valence-corrected chi connectivity index (χ1v) is 5.49. The molecule has 3 nitrogen and oxygen atoms in total. The maximum absolute atomic E-state index is 5.83. The average Bonchev–Trinajstić information content (AvgIpc) is 2.31. The van der Waals surface area contributed by atoms with E-state index in [-0.39, 0.29) is 0 Å². The molecule has 0 amide bonds. The summed E-state index contributed by atoms with van der Waals surface area (Å²) >= 11 is 5.83. The highest BCUT2D eigenvalue weighted by Gasteiger charge is 2.01. The fourth-order valence-corrected chi connectivity index (χ4v) is 1.52. The summed E-state index contributed by atoms with van der Waals surface area (Å²) in [6.07, 6.45) is 3.45. The molecule has 0 fully saturated rings. The normalized spacial score (nSPS) is 10.1. The van der Waals surface area contributed by atoms with Crippen molar-refractivity contribution in [1.82, 2.24) is 9.97 Å². The molecule has 0 aliphatic carbocycles. The lowest BCUT2D eigenvalue weighted by molar-refractivity contribution is 1.12. The number of hydrogen-bond acceptors (Lipinski definition) is 3. The second-order valence-electron chi connectivity index (χ2n) is 3.33. The molecule has 1 N–H and O–H groups in total. The fourth-order valence-electron chi connectivity index (χ4n) is 1.39. The lowest BCUT2D eigenvalue weighted by Crippen LogP contribution is -2.00. The maximum Gasteiger partial charge on any atom is 0.145 e. The number of nitrogens with zero attached hydrogens (tertiary/aromatic N) is 2. The quantitative estimate of drug-likeness (QED) is 0.885. The maximum atomic E-state index is 5.83. The van der Waals surface area contributed by atoms with E-state index in [1.807, 2.05) is 31.2 Å². The minimum atomic E-state index is 0.722. The Labute approximate surface area is 99.5 Å². The van der Waals surface area contributed by atoms with Crippen LogP contribution in [0.1, 0.15) is 6.92 Å². The summed E-state index contributed by atoms with van der Waals surface area (Å²) in [5, 5.41) is 3.85. The number of aromatic nitrogens is 2. The van der Waals surface area contributed by atoms with E-state index in [2.05, 4.69) is 15.3 Å². The lowest BCUT2D eigenvalue weighted by atomic mass is 10.2. The van der Waals surface area contributed by atoms with Crippen LogP contribution >= 0.6 is 11.6 Å². The van der Waals surface area contributed by atoms with Gasteiger partial charge in [-0.3, -0.25) is 4.98 Å². The van der Waals surface area contributed by atoms with Crippen LogP contribution in [0.3, 0.4) is 0 Å². The number of anilines is 1. The molecule has 0 saturated carbocycles. The van der Waals surface area contributed by atoms with Crippen molar-refractivity contribution in [2.75, 3.05) is 11.9 Å². The largest absolute Gasteiger partial charge is 0.369 e. The van der Waals surface area contributed by atoms with E-state index in [4.69, 9.17) is 11.6 Å². The predicted molar refractivity (Wildman–Crippen MR) is 66.6 cm³/mol. The Bertz CT molecular complexity index is 468. The fraction of sp³-hybridized carbons (Fsp3) is 0.167. The van der Waals surface area contributed by atoms with Crippen LogP contribution in [0.25, 0.3) is 11.3 Å². The van der Waals surface area contributed by atoms with Crippen molar-refractivity contribution < 1.29 is 0 Å².